The molecule has 0 bridgehead atoms. The van der Waals surface area contributed by atoms with E-state index < -0.39 is 0 Å². The molecule has 6 heteroatoms. The van der Waals surface area contributed by atoms with Gasteiger partial charge in [0.25, 0.3) is 0 Å². The molecule has 2 heterocycles. The number of halogens is 1. The van der Waals surface area contributed by atoms with Crippen LogP contribution in [0.1, 0.15) is 16.9 Å². The van der Waals surface area contributed by atoms with Crippen LogP contribution in [0, 0.1) is 12.7 Å². The van der Waals surface area contributed by atoms with Gasteiger partial charge >= 0.3 is 0 Å². The number of furan rings is 1. The molecule has 0 aliphatic rings. The maximum absolute atomic E-state index is 13.2. The molecule has 0 unspecified atom stereocenters. The summed E-state index contributed by atoms with van der Waals surface area (Å²) >= 11 is 1.68. The number of nitrogens with zero attached hydrogens (tertiary/aromatic N) is 1. The molecule has 0 spiro atoms. The predicted octanol–water partition coefficient (Wildman–Crippen LogP) is 4.63. The van der Waals surface area contributed by atoms with Gasteiger partial charge in [-0.2, -0.15) is 11.8 Å². The number of aliphatic hydroxyl groups excluding tert-OH is 1. The van der Waals surface area contributed by atoms with Gasteiger partial charge in [0, 0.05) is 23.3 Å². The number of hydrogen-bond donors (Lipinski definition) is 2. The number of hydrogen-bond acceptors (Lipinski definition) is 5. The number of aryl methyl sites for hydroxylation is 1. The van der Waals surface area contributed by atoms with Gasteiger partial charge in [-0.25, -0.2) is 9.37 Å². The maximum Gasteiger partial charge on any atom is 0.134 e. The third-order valence-electron chi connectivity index (χ3n) is 3.89. The summed E-state index contributed by atoms with van der Waals surface area (Å²) in [4.78, 5) is 4.32. The van der Waals surface area contributed by atoms with E-state index in [9.17, 15) is 4.39 Å². The normalized spacial score (nSPS) is 10.9. The van der Waals surface area contributed by atoms with E-state index in [4.69, 9.17) is 9.52 Å². The first kappa shape index (κ1) is 18.5. The molecule has 0 fully saturated rings. The first-order chi connectivity index (χ1) is 12.7. The topological polar surface area (TPSA) is 58.3 Å². The molecule has 0 atom stereocenters. The van der Waals surface area contributed by atoms with Crippen molar-refractivity contribution < 1.29 is 13.9 Å². The Bertz CT molecular complexity index is 867. The Kier molecular flexibility index (Phi) is 6.30. The number of pyridine rings is 1. The summed E-state index contributed by atoms with van der Waals surface area (Å²) in [5.41, 5.74) is 2.88. The van der Waals surface area contributed by atoms with Crippen molar-refractivity contribution in [1.82, 2.24) is 4.98 Å². The fourth-order valence-corrected chi connectivity index (χ4v) is 3.30. The van der Waals surface area contributed by atoms with Crippen molar-refractivity contribution in [2.75, 3.05) is 17.7 Å². The maximum atomic E-state index is 13.2. The van der Waals surface area contributed by atoms with Crippen molar-refractivity contribution in [2.45, 2.75) is 19.2 Å². The van der Waals surface area contributed by atoms with Gasteiger partial charge in [0.15, 0.2) is 0 Å². The summed E-state index contributed by atoms with van der Waals surface area (Å²) in [6.07, 6.45) is 1.77. The summed E-state index contributed by atoms with van der Waals surface area (Å²) in [6, 6.07) is 12.4. The summed E-state index contributed by atoms with van der Waals surface area (Å²) < 4.78 is 19.1. The number of aromatic nitrogens is 1. The van der Waals surface area contributed by atoms with Gasteiger partial charge in [-0.1, -0.05) is 0 Å². The third-order valence-corrected chi connectivity index (χ3v) is 4.90. The van der Waals surface area contributed by atoms with Gasteiger partial charge in [-0.15, -0.1) is 0 Å². The van der Waals surface area contributed by atoms with Crippen LogP contribution in [0.2, 0.25) is 0 Å². The molecule has 136 valence electrons. The molecule has 2 N–H and O–H groups in total. The first-order valence-corrected chi connectivity index (χ1v) is 9.54. The van der Waals surface area contributed by atoms with E-state index >= 15 is 0 Å². The Morgan fingerprint density at radius 2 is 2.08 bits per heavy atom. The van der Waals surface area contributed by atoms with E-state index in [2.05, 4.69) is 10.3 Å². The van der Waals surface area contributed by atoms with Crippen LogP contribution < -0.4 is 5.32 Å². The fraction of sp³-hybridized carbons (Fsp3) is 0.250. The number of benzene rings is 1. The van der Waals surface area contributed by atoms with Crippen molar-refractivity contribution >= 4 is 17.6 Å². The molecule has 0 radical (unpaired) electrons. The lowest BCUT2D eigenvalue weighted by molar-refractivity contribution is 0.322. The van der Waals surface area contributed by atoms with Gasteiger partial charge in [-0.05, 0) is 60.5 Å². The fourth-order valence-electron chi connectivity index (χ4n) is 2.61. The Labute approximate surface area is 156 Å². The van der Waals surface area contributed by atoms with Crippen LogP contribution in [0.15, 0.2) is 53.1 Å². The molecule has 4 nitrogen and oxygen atoms in total. The number of anilines is 1. The van der Waals surface area contributed by atoms with Crippen LogP contribution >= 0.6 is 11.8 Å². The van der Waals surface area contributed by atoms with E-state index in [1.807, 2.05) is 31.2 Å². The average Bonchev–Trinajstić information content (AvgIpc) is 3.09. The average molecular weight is 372 g/mol. The molecule has 1 aromatic carbocycles. The van der Waals surface area contributed by atoms with Crippen LogP contribution in [0.5, 0.6) is 0 Å². The van der Waals surface area contributed by atoms with Crippen LogP contribution in [-0.2, 0) is 12.3 Å². The summed E-state index contributed by atoms with van der Waals surface area (Å²) in [7, 11) is 0. The third kappa shape index (κ3) is 4.86. The molecule has 26 heavy (non-hydrogen) atoms. The first-order valence-electron chi connectivity index (χ1n) is 8.38. The lowest BCUT2D eigenvalue weighted by Crippen LogP contribution is -2.01. The molecule has 3 aromatic rings. The Balaban J connectivity index is 1.62. The van der Waals surface area contributed by atoms with Crippen LogP contribution in [0.3, 0.4) is 0 Å². The Hall–Kier alpha value is -2.31. The SMILES string of the molecule is Cc1cc(F)ccc1-c1ccc(CNc2cc(CSCCO)ccn2)o1. The zero-order chi connectivity index (χ0) is 18.4. The van der Waals surface area contributed by atoms with E-state index in [0.717, 1.165) is 45.5 Å². The Morgan fingerprint density at radius 1 is 1.19 bits per heavy atom. The molecule has 0 amide bonds. The van der Waals surface area contributed by atoms with E-state index in [0.29, 0.717) is 6.54 Å². The second-order valence-corrected chi connectivity index (χ2v) is 7.01. The monoisotopic (exact) mass is 372 g/mol. The molecule has 0 aliphatic heterocycles. The van der Waals surface area contributed by atoms with Gasteiger partial charge in [0.2, 0.25) is 0 Å². The van der Waals surface area contributed by atoms with Crippen molar-refractivity contribution in [3.8, 4) is 11.3 Å². The number of nitrogens with one attached hydrogen (secondary N) is 1. The molecule has 0 saturated heterocycles. The zero-order valence-electron chi connectivity index (χ0n) is 14.5. The highest BCUT2D eigenvalue weighted by atomic mass is 32.2. The van der Waals surface area contributed by atoms with Crippen LogP contribution in [0.4, 0.5) is 10.2 Å². The molecule has 2 aromatic heterocycles. The smallest absolute Gasteiger partial charge is 0.134 e. The molecular weight excluding hydrogens is 351 g/mol. The standard InChI is InChI=1S/C20H21FN2O2S/c1-14-10-16(21)2-4-18(14)19-5-3-17(25-19)12-23-20-11-15(6-7-22-20)13-26-9-8-24/h2-7,10-11,24H,8-9,12-13H2,1H3,(H,22,23). The van der Waals surface area contributed by atoms with Gasteiger partial charge in [0.1, 0.15) is 23.2 Å². The Morgan fingerprint density at radius 3 is 2.88 bits per heavy atom. The van der Waals surface area contributed by atoms with Gasteiger partial charge in [0.05, 0.1) is 13.2 Å². The van der Waals surface area contributed by atoms with Crippen molar-refractivity contribution in [3.63, 3.8) is 0 Å². The highest BCUT2D eigenvalue weighted by molar-refractivity contribution is 7.98. The highest BCUT2D eigenvalue weighted by Gasteiger charge is 2.08. The highest BCUT2D eigenvalue weighted by Crippen LogP contribution is 2.26. The quantitative estimate of drug-likeness (QED) is 0.565. The number of rotatable bonds is 8. The number of thioether (sulfide) groups is 1. The second-order valence-electron chi connectivity index (χ2n) is 5.90. The summed E-state index contributed by atoms with van der Waals surface area (Å²) in [5.74, 6) is 3.60. The summed E-state index contributed by atoms with van der Waals surface area (Å²) in [5, 5.41) is 12.1. The van der Waals surface area contributed by atoms with E-state index in [1.165, 1.54) is 12.1 Å². The van der Waals surface area contributed by atoms with Crippen LogP contribution in [-0.4, -0.2) is 22.5 Å². The molecular formula is C20H21FN2O2S. The lowest BCUT2D eigenvalue weighted by Gasteiger charge is -2.06. The van der Waals surface area contributed by atoms with E-state index in [1.54, 1.807) is 24.0 Å². The predicted molar refractivity (Wildman–Crippen MR) is 104 cm³/mol. The van der Waals surface area contributed by atoms with Crippen molar-refractivity contribution in [3.05, 3.63) is 71.4 Å². The lowest BCUT2D eigenvalue weighted by atomic mass is 10.1. The van der Waals surface area contributed by atoms with Crippen LogP contribution in [0.25, 0.3) is 11.3 Å². The van der Waals surface area contributed by atoms with Crippen molar-refractivity contribution in [2.24, 2.45) is 0 Å². The van der Waals surface area contributed by atoms with E-state index in [-0.39, 0.29) is 12.4 Å². The zero-order valence-corrected chi connectivity index (χ0v) is 15.4. The molecule has 0 saturated carbocycles. The largest absolute Gasteiger partial charge is 0.459 e. The van der Waals surface area contributed by atoms with Crippen molar-refractivity contribution in [1.29, 1.82) is 0 Å². The number of aliphatic hydroxyl groups is 1. The minimum atomic E-state index is -0.247. The summed E-state index contributed by atoms with van der Waals surface area (Å²) in [6.45, 7) is 2.57. The second kappa shape index (κ2) is 8.87. The molecule has 0 aliphatic carbocycles. The van der Waals surface area contributed by atoms with Gasteiger partial charge < -0.3 is 14.8 Å². The van der Waals surface area contributed by atoms with Gasteiger partial charge in [-0.3, -0.25) is 0 Å². The minimum Gasteiger partial charge on any atom is -0.459 e. The minimum absolute atomic E-state index is 0.190. The molecule has 3 rings (SSSR count).